The molecule has 0 spiro atoms. The van der Waals surface area contributed by atoms with E-state index in [1.807, 2.05) is 94.2 Å². The van der Waals surface area contributed by atoms with Gasteiger partial charge in [0.05, 0.1) is 11.4 Å². The van der Waals surface area contributed by atoms with Gasteiger partial charge in [-0.05, 0) is 54.4 Å². The zero-order valence-electron chi connectivity index (χ0n) is 23.2. The first-order chi connectivity index (χ1) is 15.2. The maximum Gasteiger partial charge on any atom is 0.200 e. The fourth-order valence-electron chi connectivity index (χ4n) is 3.70. The Labute approximate surface area is 202 Å². The largest absolute Gasteiger partial charge is 0.349 e. The predicted molar refractivity (Wildman–Crippen MR) is 145 cm³/mol. The van der Waals surface area contributed by atoms with Crippen LogP contribution in [0.1, 0.15) is 0 Å². The van der Waals surface area contributed by atoms with E-state index in [-0.39, 0.29) is 0 Å². The molecule has 10 nitrogen and oxygen atoms in total. The highest BCUT2D eigenvalue weighted by Crippen LogP contribution is 2.58. The third-order valence-electron chi connectivity index (χ3n) is 4.88. The molecular weight excluding hydrogens is 435 g/mol. The number of aliphatic imine (C=N–C) groups is 2. The molecule has 1 rings (SSSR count). The first kappa shape index (κ1) is 28.9. The number of hydrogen-bond acceptors (Lipinski definition) is 3. The Bertz CT molecular complexity index is 850. The number of nitrogens with zero attached hydrogens (tertiary/aromatic N) is 10. The summed E-state index contributed by atoms with van der Waals surface area (Å²) in [5.41, 5.74) is 2.31. The Morgan fingerprint density at radius 3 is 1.27 bits per heavy atom. The molecule has 0 amide bonds. The van der Waals surface area contributed by atoms with Gasteiger partial charge in [-0.25, -0.2) is 14.7 Å². The van der Waals surface area contributed by atoms with E-state index in [0.717, 1.165) is 29.0 Å². The number of rotatable bonds is 6. The summed E-state index contributed by atoms with van der Waals surface area (Å²) in [5, 5.41) is 0. The van der Waals surface area contributed by atoms with Crippen LogP contribution in [0, 0.1) is 0 Å². The molecule has 1 aromatic rings. The zero-order valence-corrected chi connectivity index (χ0v) is 24.0. The molecule has 0 atom stereocenters. The molecule has 33 heavy (non-hydrogen) atoms. The van der Waals surface area contributed by atoms with Crippen LogP contribution in [0.5, 0.6) is 0 Å². The minimum absolute atomic E-state index is 0.742. The van der Waals surface area contributed by atoms with Crippen LogP contribution in [0.15, 0.2) is 32.9 Å². The summed E-state index contributed by atoms with van der Waals surface area (Å²) in [7, 11) is 26.2. The lowest BCUT2D eigenvalue weighted by Crippen LogP contribution is -2.35. The van der Waals surface area contributed by atoms with Crippen LogP contribution in [-0.4, -0.2) is 144 Å². The quantitative estimate of drug-likeness (QED) is 0.352. The predicted octanol–water partition coefficient (Wildman–Crippen LogP) is 3.17. The molecule has 0 aliphatic carbocycles. The van der Waals surface area contributed by atoms with Crippen molar-refractivity contribution in [1.29, 1.82) is 0 Å². The number of para-hydroxylation sites is 1. The first-order valence-corrected chi connectivity index (χ1v) is 12.4. The molecule has 0 aromatic heterocycles. The average Bonchev–Trinajstić information content (AvgIpc) is 2.67. The van der Waals surface area contributed by atoms with Crippen LogP contribution < -0.4 is 0 Å². The lowest BCUT2D eigenvalue weighted by Gasteiger charge is -2.41. The fourth-order valence-corrected chi connectivity index (χ4v) is 6.83. The van der Waals surface area contributed by atoms with E-state index in [1.165, 1.54) is 0 Å². The van der Waals surface area contributed by atoms with Gasteiger partial charge in [-0.2, -0.15) is 0 Å². The van der Waals surface area contributed by atoms with Gasteiger partial charge in [0, 0.05) is 56.4 Å². The normalized spacial score (nSPS) is 11.5. The lowest BCUT2D eigenvalue weighted by molar-refractivity contribution is 0.474. The van der Waals surface area contributed by atoms with Crippen molar-refractivity contribution in [2.75, 3.05) is 98.7 Å². The summed E-state index contributed by atoms with van der Waals surface area (Å²) in [6.07, 6.45) is 0. The molecule has 1 aromatic carbocycles. The highest BCUT2D eigenvalue weighted by Gasteiger charge is 2.29. The molecular formula is C22H45N10P. The van der Waals surface area contributed by atoms with Crippen molar-refractivity contribution >= 4 is 36.5 Å². The summed E-state index contributed by atoms with van der Waals surface area (Å²) in [6, 6.07) is 6.02. The third-order valence-corrected chi connectivity index (χ3v) is 8.58. The van der Waals surface area contributed by atoms with E-state index >= 15 is 0 Å². The minimum Gasteiger partial charge on any atom is -0.349 e. The van der Waals surface area contributed by atoms with Crippen molar-refractivity contribution in [1.82, 2.24) is 33.6 Å². The van der Waals surface area contributed by atoms with E-state index in [0.29, 0.717) is 0 Å². The summed E-state index contributed by atoms with van der Waals surface area (Å²) in [5.74, 6) is 1.64. The Balaban J connectivity index is 4.16. The Morgan fingerprint density at radius 1 is 0.545 bits per heavy atom. The molecule has 0 N–H and O–H groups in total. The number of hydrogen-bond donors (Lipinski definition) is 0. The summed E-state index contributed by atoms with van der Waals surface area (Å²) < 4.78 is 12.0. The van der Waals surface area contributed by atoms with E-state index < -0.39 is 7.51 Å². The van der Waals surface area contributed by atoms with Crippen LogP contribution >= 0.6 is 7.51 Å². The molecule has 0 aliphatic heterocycles. The highest BCUT2D eigenvalue weighted by molar-refractivity contribution is 7.59. The third kappa shape index (κ3) is 6.69. The Kier molecular flexibility index (Phi) is 10.4. The van der Waals surface area contributed by atoms with E-state index in [9.17, 15) is 0 Å². The van der Waals surface area contributed by atoms with Gasteiger partial charge in [0.25, 0.3) is 0 Å². The summed E-state index contributed by atoms with van der Waals surface area (Å²) in [4.78, 5) is 18.1. The van der Waals surface area contributed by atoms with E-state index in [1.54, 1.807) is 0 Å². The van der Waals surface area contributed by atoms with Gasteiger partial charge < -0.3 is 19.6 Å². The van der Waals surface area contributed by atoms with Crippen molar-refractivity contribution in [3.63, 3.8) is 0 Å². The number of benzene rings is 1. The van der Waals surface area contributed by atoms with Crippen molar-refractivity contribution in [2.45, 2.75) is 0 Å². The molecule has 0 fully saturated rings. The van der Waals surface area contributed by atoms with Gasteiger partial charge in [-0.3, -0.25) is 14.0 Å². The zero-order chi connectivity index (χ0) is 25.7. The van der Waals surface area contributed by atoms with Crippen molar-refractivity contribution in [2.24, 2.45) is 14.7 Å². The standard InChI is InChI=1S/C22H45N10P/c1-26(2)21(27(3)4)23-18-16-15-17-19(20(18)24-22(28(5)6)29(7)8)25-33(30(9)10,31(11)12)32(13)14/h15-17H,1-14H3. The van der Waals surface area contributed by atoms with Crippen LogP contribution in [0.25, 0.3) is 0 Å². The SMILES string of the molecule is CN(C)C(=Nc1cccc(N=P(N(C)C)(N(C)C)N(C)C)c1N=C(N(C)C)N(C)C)N(C)C. The summed E-state index contributed by atoms with van der Waals surface area (Å²) >= 11 is 0. The number of guanidine groups is 2. The second-order valence-corrected chi connectivity index (χ2v) is 12.9. The topological polar surface area (TPSA) is 59.8 Å². The molecule has 0 aliphatic rings. The molecule has 0 radical (unpaired) electrons. The molecule has 11 heteroatoms. The highest BCUT2D eigenvalue weighted by atomic mass is 31.2. The Hall–Kier alpha value is -2.13. The van der Waals surface area contributed by atoms with Gasteiger partial charge in [0.15, 0.2) is 7.51 Å². The lowest BCUT2D eigenvalue weighted by atomic mass is 10.2. The van der Waals surface area contributed by atoms with E-state index in [4.69, 9.17) is 14.7 Å². The fraction of sp³-hybridized carbons (Fsp3) is 0.636. The van der Waals surface area contributed by atoms with Gasteiger partial charge in [-0.1, -0.05) is 6.07 Å². The Morgan fingerprint density at radius 2 is 0.909 bits per heavy atom. The van der Waals surface area contributed by atoms with Crippen molar-refractivity contribution in [3.05, 3.63) is 18.2 Å². The van der Waals surface area contributed by atoms with Crippen LogP contribution in [-0.2, 0) is 0 Å². The maximum absolute atomic E-state index is 5.37. The van der Waals surface area contributed by atoms with Gasteiger partial charge in [-0.15, -0.1) is 0 Å². The molecule has 0 bridgehead atoms. The van der Waals surface area contributed by atoms with Gasteiger partial charge >= 0.3 is 0 Å². The first-order valence-electron chi connectivity index (χ1n) is 10.8. The van der Waals surface area contributed by atoms with Crippen molar-refractivity contribution in [3.8, 4) is 0 Å². The monoisotopic (exact) mass is 480 g/mol. The van der Waals surface area contributed by atoms with Crippen LogP contribution in [0.3, 0.4) is 0 Å². The summed E-state index contributed by atoms with van der Waals surface area (Å²) in [6.45, 7) is 0. The van der Waals surface area contributed by atoms with Gasteiger partial charge in [0.2, 0.25) is 11.9 Å². The second kappa shape index (κ2) is 11.8. The van der Waals surface area contributed by atoms with Gasteiger partial charge in [0.1, 0.15) is 5.69 Å². The van der Waals surface area contributed by atoms with Crippen LogP contribution in [0.2, 0.25) is 0 Å². The smallest absolute Gasteiger partial charge is 0.200 e. The molecule has 0 unspecified atom stereocenters. The maximum atomic E-state index is 5.37. The van der Waals surface area contributed by atoms with E-state index in [2.05, 4.69) is 56.3 Å². The molecule has 0 heterocycles. The molecule has 0 saturated carbocycles. The van der Waals surface area contributed by atoms with Crippen LogP contribution in [0.4, 0.5) is 17.1 Å². The minimum atomic E-state index is -2.18. The molecule has 188 valence electrons. The average molecular weight is 481 g/mol. The molecule has 0 saturated heterocycles. The van der Waals surface area contributed by atoms with Crippen molar-refractivity contribution < 1.29 is 0 Å². The second-order valence-electron chi connectivity index (χ2n) is 9.22.